The highest BCUT2D eigenvalue weighted by Gasteiger charge is 2.31. The van der Waals surface area contributed by atoms with Gasteiger partial charge in [0, 0.05) is 25.3 Å². The molecule has 1 aromatic carbocycles. The number of amides is 1. The van der Waals surface area contributed by atoms with Crippen LogP contribution in [0.1, 0.15) is 36.4 Å². The highest BCUT2D eigenvalue weighted by atomic mass is 32.2. The lowest BCUT2D eigenvalue weighted by Gasteiger charge is -2.19. The number of hydrogen-bond acceptors (Lipinski definition) is 5. The molecule has 4 heterocycles. The number of carbonyl (C=O) groups excluding carboxylic acids is 1. The maximum Gasteiger partial charge on any atom is 0.265 e. The van der Waals surface area contributed by atoms with Crippen LogP contribution in [0.3, 0.4) is 0 Å². The van der Waals surface area contributed by atoms with E-state index in [1.807, 2.05) is 24.0 Å². The van der Waals surface area contributed by atoms with Crippen molar-refractivity contribution in [2.24, 2.45) is 0 Å². The Labute approximate surface area is 172 Å². The van der Waals surface area contributed by atoms with E-state index in [0.717, 1.165) is 37.2 Å². The Morgan fingerprint density at radius 3 is 2.79 bits per heavy atom. The fraction of sp³-hybridized carbons (Fsp3) is 0.429. The summed E-state index contributed by atoms with van der Waals surface area (Å²) < 4.78 is 3.45. The molecule has 1 amide bonds. The van der Waals surface area contributed by atoms with E-state index in [9.17, 15) is 9.59 Å². The summed E-state index contributed by atoms with van der Waals surface area (Å²) in [6.45, 7) is 5.75. The molecule has 1 atom stereocenters. The molecule has 0 bridgehead atoms. The molecule has 3 aromatic rings. The summed E-state index contributed by atoms with van der Waals surface area (Å²) in [4.78, 5) is 32.5. The van der Waals surface area contributed by atoms with Crippen molar-refractivity contribution in [2.45, 2.75) is 44.3 Å². The van der Waals surface area contributed by atoms with Crippen LogP contribution in [-0.2, 0) is 4.79 Å². The third kappa shape index (κ3) is 3.06. The number of nitrogens with zero attached hydrogens (tertiary/aromatic N) is 5. The monoisotopic (exact) mass is 409 g/mol. The first-order valence-electron chi connectivity index (χ1n) is 10.0. The van der Waals surface area contributed by atoms with Crippen molar-refractivity contribution in [1.29, 1.82) is 0 Å². The van der Waals surface area contributed by atoms with Gasteiger partial charge in [-0.25, -0.2) is 9.67 Å². The maximum absolute atomic E-state index is 13.2. The minimum atomic E-state index is -0.142. The summed E-state index contributed by atoms with van der Waals surface area (Å²) in [5.41, 5.74) is 3.65. The molecule has 150 valence electrons. The van der Waals surface area contributed by atoms with Crippen LogP contribution in [0, 0.1) is 13.8 Å². The third-order valence-electron chi connectivity index (χ3n) is 5.82. The van der Waals surface area contributed by atoms with Crippen molar-refractivity contribution in [3.05, 3.63) is 45.9 Å². The number of aryl methyl sites for hydroxylation is 2. The van der Waals surface area contributed by atoms with Gasteiger partial charge in [-0.1, -0.05) is 29.5 Å². The zero-order valence-corrected chi connectivity index (χ0v) is 17.4. The predicted octanol–water partition coefficient (Wildman–Crippen LogP) is 2.86. The van der Waals surface area contributed by atoms with Gasteiger partial charge in [-0.2, -0.15) is 5.10 Å². The number of fused-ring (bicyclic) bond motifs is 2. The Morgan fingerprint density at radius 1 is 1.24 bits per heavy atom. The van der Waals surface area contributed by atoms with Crippen LogP contribution >= 0.6 is 11.8 Å². The normalized spacial score (nSPS) is 18.6. The molecule has 7 nitrogen and oxygen atoms in total. The highest BCUT2D eigenvalue weighted by Crippen LogP contribution is 2.34. The lowest BCUT2D eigenvalue weighted by atomic mass is 10.1. The molecule has 1 saturated heterocycles. The van der Waals surface area contributed by atoms with Gasteiger partial charge in [0.15, 0.2) is 10.8 Å². The second-order valence-electron chi connectivity index (χ2n) is 7.91. The molecule has 0 spiro atoms. The Bertz CT molecular complexity index is 1180. The van der Waals surface area contributed by atoms with Gasteiger partial charge in [0.2, 0.25) is 5.91 Å². The Balaban J connectivity index is 1.54. The Morgan fingerprint density at radius 2 is 2.03 bits per heavy atom. The molecule has 1 fully saturated rings. The van der Waals surface area contributed by atoms with Crippen molar-refractivity contribution in [3.8, 4) is 5.69 Å². The number of benzene rings is 1. The molecule has 29 heavy (non-hydrogen) atoms. The molecule has 1 unspecified atom stereocenters. The Hall–Kier alpha value is -2.61. The van der Waals surface area contributed by atoms with E-state index in [0.29, 0.717) is 28.4 Å². The van der Waals surface area contributed by atoms with Crippen LogP contribution in [-0.4, -0.2) is 49.0 Å². The van der Waals surface area contributed by atoms with Gasteiger partial charge in [0.25, 0.3) is 5.56 Å². The van der Waals surface area contributed by atoms with Gasteiger partial charge in [-0.05, 0) is 38.3 Å². The minimum absolute atomic E-state index is 0.106. The SMILES string of the molecule is Cc1ccc(-n2ncc3c(=O)n4c(nc32)SCC4CC(=O)N2CCCC2)c(C)c1. The minimum Gasteiger partial charge on any atom is -0.343 e. The largest absolute Gasteiger partial charge is 0.343 e. The lowest BCUT2D eigenvalue weighted by molar-refractivity contribution is -0.130. The second kappa shape index (κ2) is 7.02. The standard InChI is InChI=1S/C21H23N5O2S/c1-13-5-6-17(14(2)9-13)26-19-16(11-22-26)20(28)25-15(12-29-21(25)23-19)10-18(27)24-7-3-4-8-24/h5-6,9,11,15H,3-4,7-8,10,12H2,1-2H3. The number of likely N-dealkylation sites (tertiary alicyclic amines) is 1. The average molecular weight is 410 g/mol. The molecule has 2 aromatic heterocycles. The predicted molar refractivity (Wildman–Crippen MR) is 113 cm³/mol. The van der Waals surface area contributed by atoms with Crippen LogP contribution < -0.4 is 5.56 Å². The van der Waals surface area contributed by atoms with Crippen molar-refractivity contribution >= 4 is 28.7 Å². The molecule has 2 aliphatic rings. The van der Waals surface area contributed by atoms with Gasteiger partial charge in [-0.15, -0.1) is 0 Å². The molecular formula is C21H23N5O2S. The van der Waals surface area contributed by atoms with Gasteiger partial charge in [0.1, 0.15) is 5.39 Å². The molecule has 0 radical (unpaired) electrons. The van der Waals surface area contributed by atoms with Crippen LogP contribution in [0.5, 0.6) is 0 Å². The van der Waals surface area contributed by atoms with E-state index in [1.165, 1.54) is 5.56 Å². The number of thioether (sulfide) groups is 1. The number of hydrogen-bond donors (Lipinski definition) is 0. The number of aromatic nitrogens is 4. The third-order valence-corrected chi connectivity index (χ3v) is 6.92. The summed E-state index contributed by atoms with van der Waals surface area (Å²) in [5.74, 6) is 0.838. The fourth-order valence-corrected chi connectivity index (χ4v) is 5.43. The van der Waals surface area contributed by atoms with Crippen LogP contribution in [0.25, 0.3) is 16.7 Å². The van der Waals surface area contributed by atoms with Crippen molar-refractivity contribution in [2.75, 3.05) is 18.8 Å². The summed E-state index contributed by atoms with van der Waals surface area (Å²) in [6, 6.07) is 5.99. The van der Waals surface area contributed by atoms with Gasteiger partial charge < -0.3 is 4.90 Å². The number of carbonyl (C=O) groups is 1. The highest BCUT2D eigenvalue weighted by molar-refractivity contribution is 7.99. The molecule has 0 saturated carbocycles. The molecule has 0 N–H and O–H groups in total. The molecule has 0 aliphatic carbocycles. The maximum atomic E-state index is 13.2. The summed E-state index contributed by atoms with van der Waals surface area (Å²) in [5, 5.41) is 5.63. The summed E-state index contributed by atoms with van der Waals surface area (Å²) in [6.07, 6.45) is 4.10. The topological polar surface area (TPSA) is 73.0 Å². The van der Waals surface area contributed by atoms with Crippen LogP contribution in [0.2, 0.25) is 0 Å². The van der Waals surface area contributed by atoms with E-state index in [4.69, 9.17) is 4.98 Å². The molecule has 5 rings (SSSR count). The van der Waals surface area contributed by atoms with Crippen LogP contribution in [0.15, 0.2) is 34.3 Å². The second-order valence-corrected chi connectivity index (χ2v) is 8.90. The Kier molecular flexibility index (Phi) is 4.46. The fourth-order valence-electron chi connectivity index (χ4n) is 4.30. The average Bonchev–Trinajstić information content (AvgIpc) is 3.42. The molecular weight excluding hydrogens is 386 g/mol. The van der Waals surface area contributed by atoms with E-state index in [-0.39, 0.29) is 17.5 Å². The van der Waals surface area contributed by atoms with Crippen LogP contribution in [0.4, 0.5) is 0 Å². The summed E-state index contributed by atoms with van der Waals surface area (Å²) >= 11 is 1.54. The van der Waals surface area contributed by atoms with Crippen molar-refractivity contribution < 1.29 is 4.79 Å². The molecule has 2 aliphatic heterocycles. The summed E-state index contributed by atoms with van der Waals surface area (Å²) in [7, 11) is 0. The first-order chi connectivity index (χ1) is 14.0. The zero-order valence-electron chi connectivity index (χ0n) is 16.6. The van der Waals surface area contributed by atoms with E-state index in [2.05, 4.69) is 18.1 Å². The van der Waals surface area contributed by atoms with E-state index < -0.39 is 0 Å². The molecule has 8 heteroatoms. The lowest BCUT2D eigenvalue weighted by Crippen LogP contribution is -2.32. The number of rotatable bonds is 3. The van der Waals surface area contributed by atoms with Crippen molar-refractivity contribution in [3.63, 3.8) is 0 Å². The first-order valence-corrected chi connectivity index (χ1v) is 11.0. The van der Waals surface area contributed by atoms with Crippen molar-refractivity contribution in [1.82, 2.24) is 24.2 Å². The zero-order chi connectivity index (χ0) is 20.1. The quantitative estimate of drug-likeness (QED) is 0.622. The van der Waals surface area contributed by atoms with Gasteiger partial charge in [0.05, 0.1) is 17.9 Å². The van der Waals surface area contributed by atoms with Gasteiger partial charge >= 0.3 is 0 Å². The van der Waals surface area contributed by atoms with E-state index in [1.54, 1.807) is 27.2 Å². The van der Waals surface area contributed by atoms with E-state index >= 15 is 0 Å². The van der Waals surface area contributed by atoms with Gasteiger partial charge in [-0.3, -0.25) is 14.2 Å². The smallest absolute Gasteiger partial charge is 0.265 e. The first kappa shape index (κ1) is 18.4.